The summed E-state index contributed by atoms with van der Waals surface area (Å²) in [6.45, 7) is 7.89. The third kappa shape index (κ3) is 945. The zero-order valence-corrected chi connectivity index (χ0v) is 7.29. The van der Waals surface area contributed by atoms with E-state index in [1.807, 2.05) is 13.8 Å². The molecule has 0 fully saturated rings. The van der Waals surface area contributed by atoms with Crippen molar-refractivity contribution >= 4 is 6.47 Å². The van der Waals surface area contributed by atoms with Gasteiger partial charge in [0.2, 0.25) is 0 Å². The van der Waals surface area contributed by atoms with Crippen LogP contribution >= 0.6 is 0 Å². The Bertz CT molecular complexity index is 44.1. The second kappa shape index (κ2) is 23.7. The van der Waals surface area contributed by atoms with Crippen molar-refractivity contribution in [2.45, 2.75) is 40.2 Å². The quantitative estimate of drug-likeness (QED) is 0.513. The molecule has 0 aliphatic rings. The molecule has 0 bridgehead atoms. The van der Waals surface area contributed by atoms with Crippen LogP contribution in [0.2, 0.25) is 0 Å². The molecule has 0 unspecified atom stereocenters. The van der Waals surface area contributed by atoms with Crippen LogP contribution in [-0.4, -0.2) is 17.6 Å². The lowest BCUT2D eigenvalue weighted by Gasteiger charge is -1.81. The molecule has 0 rings (SSSR count). The van der Waals surface area contributed by atoms with E-state index in [4.69, 9.17) is 15.6 Å². The van der Waals surface area contributed by atoms with Crippen molar-refractivity contribution in [2.24, 2.45) is 5.73 Å². The maximum Gasteiger partial charge on any atom is 0.290 e. The molecule has 0 saturated carbocycles. The highest BCUT2D eigenvalue weighted by Gasteiger charge is 1.67. The number of carboxylic acid groups (broad SMARTS) is 1. The maximum atomic E-state index is 8.36. The average Bonchev–Trinajstić information content (AvgIpc) is 1.65. The van der Waals surface area contributed by atoms with Crippen LogP contribution in [0.3, 0.4) is 0 Å². The molecular weight excluding hydrogens is 130 g/mol. The standard InChI is InChI=1S/C3H9N.C3H8.CH2O2/c1-3(2)4;1-3-2;2-1-3/h3H,4H2,1-2H3;3H2,1-2H3;1H,(H,2,3). The first kappa shape index (κ1) is 16.2. The van der Waals surface area contributed by atoms with Gasteiger partial charge >= 0.3 is 0 Å². The Morgan fingerprint density at radius 1 is 1.50 bits per heavy atom. The fourth-order valence-electron chi connectivity index (χ4n) is 0. The zero-order valence-electron chi connectivity index (χ0n) is 7.29. The van der Waals surface area contributed by atoms with E-state index >= 15 is 0 Å². The summed E-state index contributed by atoms with van der Waals surface area (Å²) in [6.07, 6.45) is 1.25. The number of hydrogen-bond donors (Lipinski definition) is 2. The molecule has 0 radical (unpaired) electrons. The summed E-state index contributed by atoms with van der Waals surface area (Å²) in [5.74, 6) is 0. The average molecular weight is 149 g/mol. The second-order valence-electron chi connectivity index (χ2n) is 2.06. The smallest absolute Gasteiger partial charge is 0.290 e. The topological polar surface area (TPSA) is 63.3 Å². The first-order valence-corrected chi connectivity index (χ1v) is 3.40. The highest BCUT2D eigenvalue weighted by Crippen LogP contribution is 1.58. The number of carbonyl (C=O) groups is 1. The lowest BCUT2D eigenvalue weighted by Crippen LogP contribution is -2.06. The Labute approximate surface area is 63.2 Å². The van der Waals surface area contributed by atoms with Gasteiger partial charge in [-0.2, -0.15) is 0 Å². The Morgan fingerprint density at radius 3 is 1.50 bits per heavy atom. The molecule has 0 amide bonds. The van der Waals surface area contributed by atoms with Gasteiger partial charge in [0.15, 0.2) is 0 Å². The molecule has 0 aromatic rings. The fraction of sp³-hybridized carbons (Fsp3) is 0.857. The Hall–Kier alpha value is -0.570. The largest absolute Gasteiger partial charge is 0.483 e. The highest BCUT2D eigenvalue weighted by molar-refractivity contribution is 5.32. The summed E-state index contributed by atoms with van der Waals surface area (Å²) in [4.78, 5) is 8.36. The molecule has 0 spiro atoms. The van der Waals surface area contributed by atoms with Crippen LogP contribution in [0, 0.1) is 0 Å². The minimum absolute atomic E-state index is 0.250. The molecule has 10 heavy (non-hydrogen) atoms. The molecule has 0 atom stereocenters. The molecule has 0 aromatic heterocycles. The summed E-state index contributed by atoms with van der Waals surface area (Å²) >= 11 is 0. The highest BCUT2D eigenvalue weighted by atomic mass is 16.3. The van der Waals surface area contributed by atoms with Crippen LogP contribution in [0.15, 0.2) is 0 Å². The van der Waals surface area contributed by atoms with Crippen LogP contribution in [0.1, 0.15) is 34.1 Å². The van der Waals surface area contributed by atoms with Crippen molar-refractivity contribution in [3.05, 3.63) is 0 Å². The molecule has 64 valence electrons. The third-order valence-corrected chi connectivity index (χ3v) is 0. The van der Waals surface area contributed by atoms with Crippen molar-refractivity contribution in [3.8, 4) is 0 Å². The number of hydrogen-bond acceptors (Lipinski definition) is 2. The number of rotatable bonds is 0. The van der Waals surface area contributed by atoms with E-state index in [1.54, 1.807) is 0 Å². The molecule has 0 saturated heterocycles. The molecular formula is C7H19NO2. The Kier molecular flexibility index (Phi) is 38.4. The third-order valence-electron chi connectivity index (χ3n) is 0. The van der Waals surface area contributed by atoms with Gasteiger partial charge in [0, 0.05) is 0 Å². The lowest BCUT2D eigenvalue weighted by molar-refractivity contribution is -0.122. The van der Waals surface area contributed by atoms with Gasteiger partial charge in [-0.3, -0.25) is 4.79 Å². The Balaban J connectivity index is -0.0000000750. The van der Waals surface area contributed by atoms with Gasteiger partial charge in [0.25, 0.3) is 6.47 Å². The molecule has 0 aliphatic heterocycles. The fourth-order valence-corrected chi connectivity index (χ4v) is 0. The summed E-state index contributed by atoms with van der Waals surface area (Å²) in [5, 5.41) is 6.89. The van der Waals surface area contributed by atoms with Gasteiger partial charge in [-0.25, -0.2) is 0 Å². The zero-order chi connectivity index (χ0) is 8.99. The SMILES string of the molecule is CC(C)N.CCC.O=CO. The monoisotopic (exact) mass is 149 g/mol. The first-order chi connectivity index (χ1) is 4.56. The molecule has 0 aliphatic carbocycles. The number of nitrogens with two attached hydrogens (primary N) is 1. The van der Waals surface area contributed by atoms with E-state index in [1.165, 1.54) is 6.42 Å². The van der Waals surface area contributed by atoms with Gasteiger partial charge in [-0.05, 0) is 6.04 Å². The van der Waals surface area contributed by atoms with Crippen molar-refractivity contribution in [2.75, 3.05) is 0 Å². The predicted molar refractivity (Wildman–Crippen MR) is 44.0 cm³/mol. The molecule has 3 heteroatoms. The summed E-state index contributed by atoms with van der Waals surface area (Å²) in [7, 11) is 0. The van der Waals surface area contributed by atoms with Crippen LogP contribution in [0.4, 0.5) is 0 Å². The Morgan fingerprint density at radius 2 is 1.50 bits per heavy atom. The van der Waals surface area contributed by atoms with Crippen LogP contribution in [0.5, 0.6) is 0 Å². The van der Waals surface area contributed by atoms with E-state index in [0.717, 1.165) is 0 Å². The second-order valence-corrected chi connectivity index (χ2v) is 2.06. The first-order valence-electron chi connectivity index (χ1n) is 3.40. The minimum atomic E-state index is -0.250. The van der Waals surface area contributed by atoms with Crippen LogP contribution < -0.4 is 5.73 Å². The van der Waals surface area contributed by atoms with Crippen molar-refractivity contribution in [1.82, 2.24) is 0 Å². The molecule has 3 N–H and O–H groups in total. The lowest BCUT2D eigenvalue weighted by atomic mass is 10.5. The normalized spacial score (nSPS) is 6.60. The van der Waals surface area contributed by atoms with Crippen LogP contribution in [0.25, 0.3) is 0 Å². The molecule has 0 aromatic carbocycles. The predicted octanol–water partition coefficient (Wildman–Crippen LogP) is 1.47. The summed E-state index contributed by atoms with van der Waals surface area (Å²) < 4.78 is 0. The van der Waals surface area contributed by atoms with Crippen molar-refractivity contribution in [3.63, 3.8) is 0 Å². The van der Waals surface area contributed by atoms with Crippen LogP contribution in [-0.2, 0) is 4.79 Å². The van der Waals surface area contributed by atoms with Crippen molar-refractivity contribution < 1.29 is 9.90 Å². The maximum absolute atomic E-state index is 8.36. The van der Waals surface area contributed by atoms with E-state index in [9.17, 15) is 0 Å². The van der Waals surface area contributed by atoms with Gasteiger partial charge in [0.05, 0.1) is 0 Å². The summed E-state index contributed by atoms with van der Waals surface area (Å²) in [5.41, 5.74) is 5.11. The molecule has 0 heterocycles. The van der Waals surface area contributed by atoms with Gasteiger partial charge in [-0.1, -0.05) is 34.1 Å². The minimum Gasteiger partial charge on any atom is -0.483 e. The van der Waals surface area contributed by atoms with Crippen molar-refractivity contribution in [1.29, 1.82) is 0 Å². The van der Waals surface area contributed by atoms with Gasteiger partial charge in [0.1, 0.15) is 0 Å². The van der Waals surface area contributed by atoms with Gasteiger partial charge < -0.3 is 10.8 Å². The van der Waals surface area contributed by atoms with E-state index < -0.39 is 0 Å². The van der Waals surface area contributed by atoms with E-state index in [0.29, 0.717) is 6.04 Å². The van der Waals surface area contributed by atoms with E-state index in [2.05, 4.69) is 13.8 Å². The van der Waals surface area contributed by atoms with Gasteiger partial charge in [-0.15, -0.1) is 0 Å². The van der Waals surface area contributed by atoms with E-state index in [-0.39, 0.29) is 6.47 Å². The molecule has 3 nitrogen and oxygen atoms in total. The summed E-state index contributed by atoms with van der Waals surface area (Å²) in [6, 6.07) is 0.333.